The number of ether oxygens (including phenoxy) is 1. The minimum absolute atomic E-state index is 0.297. The Bertz CT molecular complexity index is 587. The average molecular weight is 372 g/mol. The van der Waals surface area contributed by atoms with Crippen LogP contribution in [0, 0.1) is 0 Å². The van der Waals surface area contributed by atoms with Gasteiger partial charge in [-0.15, -0.1) is 0 Å². The maximum atomic E-state index is 13.2. The zero-order valence-electron chi connectivity index (χ0n) is 16.2. The Labute approximate surface area is 154 Å². The first-order valence-electron chi connectivity index (χ1n) is 9.21. The highest BCUT2D eigenvalue weighted by Gasteiger charge is 2.42. The molecule has 1 fully saturated rings. The van der Waals surface area contributed by atoms with E-state index in [0.717, 1.165) is 50.5 Å². The summed E-state index contributed by atoms with van der Waals surface area (Å²) in [5, 5.41) is 3.43. The van der Waals surface area contributed by atoms with Gasteiger partial charge in [0.05, 0.1) is 11.2 Å². The first kappa shape index (κ1) is 21.2. The van der Waals surface area contributed by atoms with Crippen molar-refractivity contribution in [2.45, 2.75) is 50.3 Å². The van der Waals surface area contributed by atoms with Gasteiger partial charge in [-0.25, -0.2) is 0 Å². The smallest absolute Gasteiger partial charge is 0.376 e. The molecule has 1 N–H and O–H groups in total. The summed E-state index contributed by atoms with van der Waals surface area (Å²) < 4.78 is 45.4. The standard InChI is InChI=1S/C20H31F3N2O/c1-18(2)15-19(9-13-26-18,8-10-24-11-12-25(3)4)16-6-5-7-17(14-16)20(21,22)23/h5-7,14,24H,8-13,15H2,1-4H3/t19-/m1/s1. The Morgan fingerprint density at radius 1 is 1.19 bits per heavy atom. The molecule has 26 heavy (non-hydrogen) atoms. The van der Waals surface area contributed by atoms with E-state index in [2.05, 4.69) is 10.2 Å². The lowest BCUT2D eigenvalue weighted by molar-refractivity contribution is -0.137. The van der Waals surface area contributed by atoms with Gasteiger partial charge in [0.25, 0.3) is 0 Å². The molecule has 1 atom stereocenters. The van der Waals surface area contributed by atoms with Gasteiger partial charge in [0.1, 0.15) is 0 Å². The summed E-state index contributed by atoms with van der Waals surface area (Å²) >= 11 is 0. The molecule has 0 spiro atoms. The Morgan fingerprint density at radius 2 is 1.92 bits per heavy atom. The molecule has 1 aliphatic heterocycles. The number of benzene rings is 1. The lowest BCUT2D eigenvalue weighted by atomic mass is 9.67. The molecule has 0 aromatic heterocycles. The van der Waals surface area contributed by atoms with Gasteiger partial charge in [-0.1, -0.05) is 18.2 Å². The van der Waals surface area contributed by atoms with Crippen LogP contribution < -0.4 is 5.32 Å². The van der Waals surface area contributed by atoms with E-state index in [1.807, 2.05) is 34.0 Å². The number of halogens is 3. The fraction of sp³-hybridized carbons (Fsp3) is 0.700. The van der Waals surface area contributed by atoms with Crippen LogP contribution in [-0.4, -0.2) is 50.8 Å². The van der Waals surface area contributed by atoms with Crippen LogP contribution in [-0.2, 0) is 16.3 Å². The van der Waals surface area contributed by atoms with Crippen LogP contribution in [0.4, 0.5) is 13.2 Å². The lowest BCUT2D eigenvalue weighted by Gasteiger charge is -2.46. The Kier molecular flexibility index (Phi) is 6.75. The van der Waals surface area contributed by atoms with Crippen LogP contribution in [0.5, 0.6) is 0 Å². The summed E-state index contributed by atoms with van der Waals surface area (Å²) in [6.45, 7) is 7.19. The SMILES string of the molecule is CN(C)CCNCC[C@@]1(c2cccc(C(F)(F)F)c2)CCOC(C)(C)C1. The van der Waals surface area contributed by atoms with Gasteiger partial charge in [0, 0.05) is 25.1 Å². The van der Waals surface area contributed by atoms with E-state index < -0.39 is 11.7 Å². The quantitative estimate of drug-likeness (QED) is 0.730. The molecule has 0 amide bonds. The van der Waals surface area contributed by atoms with E-state index >= 15 is 0 Å². The van der Waals surface area contributed by atoms with E-state index in [4.69, 9.17) is 4.74 Å². The Morgan fingerprint density at radius 3 is 2.54 bits per heavy atom. The minimum atomic E-state index is -4.32. The van der Waals surface area contributed by atoms with Crippen LogP contribution >= 0.6 is 0 Å². The number of nitrogens with one attached hydrogen (secondary N) is 1. The minimum Gasteiger partial charge on any atom is -0.376 e. The number of rotatable bonds is 7. The molecular weight excluding hydrogens is 341 g/mol. The second kappa shape index (κ2) is 8.28. The third-order valence-corrected chi connectivity index (χ3v) is 5.16. The van der Waals surface area contributed by atoms with Crippen molar-refractivity contribution in [1.82, 2.24) is 10.2 Å². The molecule has 148 valence electrons. The van der Waals surface area contributed by atoms with Crippen molar-refractivity contribution in [1.29, 1.82) is 0 Å². The van der Waals surface area contributed by atoms with Crippen molar-refractivity contribution in [3.63, 3.8) is 0 Å². The molecule has 0 unspecified atom stereocenters. The zero-order chi connectivity index (χ0) is 19.4. The third-order valence-electron chi connectivity index (χ3n) is 5.16. The summed E-state index contributed by atoms with van der Waals surface area (Å²) in [7, 11) is 4.04. The molecule has 0 aliphatic carbocycles. The number of hydrogen-bond donors (Lipinski definition) is 1. The number of alkyl halides is 3. The molecule has 3 nitrogen and oxygen atoms in total. The largest absolute Gasteiger partial charge is 0.416 e. The Balaban J connectivity index is 2.21. The predicted octanol–water partition coefficient (Wildman–Crippen LogP) is 4.07. The van der Waals surface area contributed by atoms with Gasteiger partial charge in [-0.05, 0) is 65.4 Å². The molecule has 1 saturated heterocycles. The van der Waals surface area contributed by atoms with E-state index in [1.54, 1.807) is 0 Å². The second-order valence-electron chi connectivity index (χ2n) is 8.20. The van der Waals surface area contributed by atoms with Gasteiger partial charge in [0.2, 0.25) is 0 Å². The number of likely N-dealkylation sites (N-methyl/N-ethyl adjacent to an activating group) is 1. The average Bonchev–Trinajstić information content (AvgIpc) is 2.52. The highest BCUT2D eigenvalue weighted by molar-refractivity contribution is 5.33. The van der Waals surface area contributed by atoms with Crippen molar-refractivity contribution < 1.29 is 17.9 Å². The first-order valence-corrected chi connectivity index (χ1v) is 9.21. The predicted molar refractivity (Wildman–Crippen MR) is 98.4 cm³/mol. The first-order chi connectivity index (χ1) is 12.0. The van der Waals surface area contributed by atoms with Gasteiger partial charge in [-0.3, -0.25) is 0 Å². The topological polar surface area (TPSA) is 24.5 Å². The maximum absolute atomic E-state index is 13.2. The number of hydrogen-bond acceptors (Lipinski definition) is 3. The monoisotopic (exact) mass is 372 g/mol. The summed E-state index contributed by atoms with van der Waals surface area (Å²) in [5.41, 5.74) is -0.429. The zero-order valence-corrected chi connectivity index (χ0v) is 16.2. The highest BCUT2D eigenvalue weighted by Crippen LogP contribution is 2.45. The molecule has 2 rings (SSSR count). The summed E-state index contributed by atoms with van der Waals surface area (Å²) in [6, 6.07) is 5.86. The van der Waals surface area contributed by atoms with E-state index in [0.29, 0.717) is 6.61 Å². The van der Waals surface area contributed by atoms with Crippen molar-refractivity contribution in [3.8, 4) is 0 Å². The van der Waals surface area contributed by atoms with Gasteiger partial charge in [0.15, 0.2) is 0 Å². The van der Waals surface area contributed by atoms with E-state index in [9.17, 15) is 13.2 Å². The molecule has 0 bridgehead atoms. The fourth-order valence-electron chi connectivity index (χ4n) is 3.86. The molecule has 0 saturated carbocycles. The normalized spacial score (nSPS) is 23.4. The van der Waals surface area contributed by atoms with Crippen LogP contribution in [0.15, 0.2) is 24.3 Å². The van der Waals surface area contributed by atoms with E-state index in [-0.39, 0.29) is 11.0 Å². The van der Waals surface area contributed by atoms with Gasteiger partial charge in [-0.2, -0.15) is 13.2 Å². The van der Waals surface area contributed by atoms with Gasteiger partial charge >= 0.3 is 6.18 Å². The van der Waals surface area contributed by atoms with Crippen molar-refractivity contribution >= 4 is 0 Å². The fourth-order valence-corrected chi connectivity index (χ4v) is 3.86. The molecule has 1 aromatic carbocycles. The van der Waals surface area contributed by atoms with Gasteiger partial charge < -0.3 is 15.0 Å². The van der Waals surface area contributed by atoms with E-state index in [1.165, 1.54) is 12.1 Å². The molecule has 1 aromatic rings. The summed E-state index contributed by atoms with van der Waals surface area (Å²) in [4.78, 5) is 2.10. The van der Waals surface area contributed by atoms with Crippen LogP contribution in [0.1, 0.15) is 44.2 Å². The van der Waals surface area contributed by atoms with Crippen molar-refractivity contribution in [3.05, 3.63) is 35.4 Å². The second-order valence-corrected chi connectivity index (χ2v) is 8.20. The van der Waals surface area contributed by atoms with Crippen LogP contribution in [0.2, 0.25) is 0 Å². The summed E-state index contributed by atoms with van der Waals surface area (Å²) in [6.07, 6.45) is -2.06. The van der Waals surface area contributed by atoms with Crippen molar-refractivity contribution in [2.24, 2.45) is 0 Å². The van der Waals surface area contributed by atoms with Crippen LogP contribution in [0.3, 0.4) is 0 Å². The number of nitrogens with zero attached hydrogens (tertiary/aromatic N) is 1. The maximum Gasteiger partial charge on any atom is 0.416 e. The molecular formula is C20H31F3N2O. The molecule has 1 aliphatic rings. The summed E-state index contributed by atoms with van der Waals surface area (Å²) in [5.74, 6) is 0. The van der Waals surface area contributed by atoms with Crippen molar-refractivity contribution in [2.75, 3.05) is 40.3 Å². The molecule has 1 heterocycles. The molecule has 0 radical (unpaired) electrons. The van der Waals surface area contributed by atoms with Crippen LogP contribution in [0.25, 0.3) is 0 Å². The lowest BCUT2D eigenvalue weighted by Crippen LogP contribution is -2.45. The third kappa shape index (κ3) is 5.69. The molecule has 6 heteroatoms. The highest BCUT2D eigenvalue weighted by atomic mass is 19.4. The Hall–Kier alpha value is -1.11.